The molecule has 0 amide bonds. The zero-order valence-corrected chi connectivity index (χ0v) is 7.89. The van der Waals surface area contributed by atoms with Crippen LogP contribution in [0.3, 0.4) is 0 Å². The van der Waals surface area contributed by atoms with Crippen molar-refractivity contribution in [2.75, 3.05) is 0 Å². The second kappa shape index (κ2) is 4.47. The van der Waals surface area contributed by atoms with Crippen LogP contribution in [0.4, 0.5) is 0 Å². The van der Waals surface area contributed by atoms with Crippen LogP contribution < -0.4 is 0 Å². The topological polar surface area (TPSA) is 13.1 Å². The number of benzene rings is 1. The van der Waals surface area contributed by atoms with Gasteiger partial charge in [0.1, 0.15) is 5.76 Å². The molecule has 0 bridgehead atoms. The molecule has 0 spiro atoms. The second-order valence-corrected chi connectivity index (χ2v) is 3.11. The summed E-state index contributed by atoms with van der Waals surface area (Å²) in [6.07, 6.45) is 6.73. The van der Waals surface area contributed by atoms with Crippen LogP contribution in [0, 0.1) is 0 Å². The van der Waals surface area contributed by atoms with E-state index in [1.807, 2.05) is 24.3 Å². The Morgan fingerprint density at radius 3 is 2.57 bits per heavy atom. The van der Waals surface area contributed by atoms with Gasteiger partial charge in [0.2, 0.25) is 0 Å². The first-order valence-electron chi connectivity index (χ1n) is 4.69. The normalized spacial score (nSPS) is 10.9. The lowest BCUT2D eigenvalue weighted by Gasteiger charge is -1.93. The Labute approximate surface area is 83.7 Å². The van der Waals surface area contributed by atoms with E-state index >= 15 is 0 Å². The molecule has 1 aromatic carbocycles. The van der Waals surface area contributed by atoms with E-state index in [1.54, 1.807) is 6.26 Å². The van der Waals surface area contributed by atoms with Crippen LogP contribution in [0.2, 0.25) is 0 Å². The van der Waals surface area contributed by atoms with Gasteiger partial charge in [-0.05, 0) is 30.2 Å². The highest BCUT2D eigenvalue weighted by molar-refractivity contribution is 5.42. The summed E-state index contributed by atoms with van der Waals surface area (Å²) in [5, 5.41) is 0. The summed E-state index contributed by atoms with van der Waals surface area (Å²) in [7, 11) is 0. The lowest BCUT2D eigenvalue weighted by Crippen LogP contribution is -1.77. The van der Waals surface area contributed by atoms with E-state index in [1.165, 1.54) is 5.56 Å². The molecular weight excluding hydrogens is 172 g/mol. The molecule has 0 aliphatic rings. The molecule has 70 valence electrons. The maximum absolute atomic E-state index is 5.18. The first-order valence-corrected chi connectivity index (χ1v) is 4.69. The molecule has 0 N–H and O–H groups in total. The van der Waals surface area contributed by atoms with Gasteiger partial charge in [0.15, 0.2) is 0 Å². The summed E-state index contributed by atoms with van der Waals surface area (Å²) in [5.41, 5.74) is 1.32. The molecule has 0 aliphatic carbocycles. The fraction of sp³-hybridized carbons (Fsp3) is 0.0769. The first kappa shape index (κ1) is 8.82. The Hall–Kier alpha value is -1.76. The highest BCUT2D eigenvalue weighted by atomic mass is 16.3. The van der Waals surface area contributed by atoms with Gasteiger partial charge in [-0.25, -0.2) is 0 Å². The van der Waals surface area contributed by atoms with Crippen LogP contribution in [0.15, 0.2) is 59.2 Å². The number of hydrogen-bond donors (Lipinski definition) is 0. The summed E-state index contributed by atoms with van der Waals surface area (Å²) < 4.78 is 5.18. The van der Waals surface area contributed by atoms with Crippen LogP contribution in [0.25, 0.3) is 6.08 Å². The molecule has 0 saturated heterocycles. The number of furan rings is 1. The van der Waals surface area contributed by atoms with Crippen LogP contribution in [0.1, 0.15) is 11.3 Å². The van der Waals surface area contributed by atoms with Crippen molar-refractivity contribution in [3.63, 3.8) is 0 Å². The molecule has 2 aromatic rings. The Kier molecular flexibility index (Phi) is 2.82. The second-order valence-electron chi connectivity index (χ2n) is 3.11. The van der Waals surface area contributed by atoms with Crippen molar-refractivity contribution in [2.45, 2.75) is 6.42 Å². The van der Waals surface area contributed by atoms with Crippen LogP contribution in [-0.4, -0.2) is 0 Å². The van der Waals surface area contributed by atoms with Gasteiger partial charge in [-0.3, -0.25) is 0 Å². The number of allylic oxidation sites excluding steroid dienone is 1. The minimum atomic E-state index is 0.904. The van der Waals surface area contributed by atoms with Gasteiger partial charge in [0.05, 0.1) is 6.26 Å². The molecule has 0 atom stereocenters. The quantitative estimate of drug-likeness (QED) is 0.711. The molecule has 0 unspecified atom stereocenters. The van der Waals surface area contributed by atoms with E-state index in [2.05, 4.69) is 30.3 Å². The zero-order valence-electron chi connectivity index (χ0n) is 7.89. The molecule has 1 nitrogen and oxygen atoms in total. The fourth-order valence-corrected chi connectivity index (χ4v) is 1.31. The Morgan fingerprint density at radius 1 is 1.00 bits per heavy atom. The van der Waals surface area contributed by atoms with E-state index in [0.717, 1.165) is 12.2 Å². The zero-order chi connectivity index (χ0) is 9.64. The van der Waals surface area contributed by atoms with Crippen molar-refractivity contribution in [3.05, 3.63) is 66.1 Å². The molecule has 1 aromatic heterocycles. The molecule has 0 saturated carbocycles. The average molecular weight is 184 g/mol. The van der Waals surface area contributed by atoms with Gasteiger partial charge in [-0.1, -0.05) is 36.4 Å². The van der Waals surface area contributed by atoms with Crippen molar-refractivity contribution >= 4 is 6.08 Å². The molecular formula is C13H12O. The largest absolute Gasteiger partial charge is 0.465 e. The summed E-state index contributed by atoms with van der Waals surface area (Å²) in [5.74, 6) is 0.904. The lowest BCUT2D eigenvalue weighted by molar-refractivity contribution is 0.557. The highest BCUT2D eigenvalue weighted by Crippen LogP contribution is 2.05. The average Bonchev–Trinajstić information content (AvgIpc) is 2.72. The van der Waals surface area contributed by atoms with E-state index in [-0.39, 0.29) is 0 Å². The summed E-state index contributed by atoms with van der Waals surface area (Å²) in [6, 6.07) is 14.2. The highest BCUT2D eigenvalue weighted by Gasteiger charge is 1.88. The molecule has 14 heavy (non-hydrogen) atoms. The van der Waals surface area contributed by atoms with Crippen molar-refractivity contribution in [3.8, 4) is 0 Å². The van der Waals surface area contributed by atoms with Gasteiger partial charge in [-0.2, -0.15) is 0 Å². The van der Waals surface area contributed by atoms with E-state index < -0.39 is 0 Å². The summed E-state index contributed by atoms with van der Waals surface area (Å²) >= 11 is 0. The Morgan fingerprint density at radius 2 is 1.86 bits per heavy atom. The van der Waals surface area contributed by atoms with Gasteiger partial charge in [-0.15, -0.1) is 0 Å². The standard InChI is InChI=1S/C13H12O/c1-2-6-12(7-3-1)8-4-9-13-10-5-11-14-13/h1-7,9-11H,8H2. The number of hydrogen-bond acceptors (Lipinski definition) is 1. The van der Waals surface area contributed by atoms with Crippen molar-refractivity contribution in [2.24, 2.45) is 0 Å². The third kappa shape index (κ3) is 2.36. The van der Waals surface area contributed by atoms with Gasteiger partial charge < -0.3 is 4.42 Å². The van der Waals surface area contributed by atoms with Crippen molar-refractivity contribution < 1.29 is 4.42 Å². The van der Waals surface area contributed by atoms with Crippen LogP contribution in [0.5, 0.6) is 0 Å². The van der Waals surface area contributed by atoms with Crippen LogP contribution >= 0.6 is 0 Å². The third-order valence-corrected chi connectivity index (χ3v) is 2.02. The third-order valence-electron chi connectivity index (χ3n) is 2.02. The van der Waals surface area contributed by atoms with Crippen molar-refractivity contribution in [1.29, 1.82) is 0 Å². The molecule has 0 fully saturated rings. The van der Waals surface area contributed by atoms with Gasteiger partial charge >= 0.3 is 0 Å². The molecule has 0 aliphatic heterocycles. The Balaban J connectivity index is 1.95. The minimum Gasteiger partial charge on any atom is -0.465 e. The van der Waals surface area contributed by atoms with E-state index in [9.17, 15) is 0 Å². The predicted molar refractivity (Wildman–Crippen MR) is 57.9 cm³/mol. The molecule has 0 radical (unpaired) electrons. The molecule has 1 heterocycles. The minimum absolute atomic E-state index is 0.904. The van der Waals surface area contributed by atoms with Crippen LogP contribution in [-0.2, 0) is 6.42 Å². The first-order chi connectivity index (χ1) is 6.95. The van der Waals surface area contributed by atoms with Crippen molar-refractivity contribution in [1.82, 2.24) is 0 Å². The van der Waals surface area contributed by atoms with E-state index in [4.69, 9.17) is 4.42 Å². The summed E-state index contributed by atoms with van der Waals surface area (Å²) in [4.78, 5) is 0. The fourth-order valence-electron chi connectivity index (χ4n) is 1.31. The maximum atomic E-state index is 5.18. The summed E-state index contributed by atoms with van der Waals surface area (Å²) in [6.45, 7) is 0. The Bertz CT molecular complexity index is 384. The number of rotatable bonds is 3. The van der Waals surface area contributed by atoms with Gasteiger partial charge in [0.25, 0.3) is 0 Å². The smallest absolute Gasteiger partial charge is 0.126 e. The SMILES string of the molecule is C(=Cc1ccco1)Cc1ccccc1. The molecule has 1 heteroatoms. The maximum Gasteiger partial charge on any atom is 0.126 e. The molecule has 2 rings (SSSR count). The van der Waals surface area contributed by atoms with Gasteiger partial charge in [0, 0.05) is 0 Å². The van der Waals surface area contributed by atoms with E-state index in [0.29, 0.717) is 0 Å². The predicted octanol–water partition coefficient (Wildman–Crippen LogP) is 3.54. The monoisotopic (exact) mass is 184 g/mol. The lowest BCUT2D eigenvalue weighted by atomic mass is 10.1.